The largest absolute Gasteiger partial charge is 0.448 e. The third-order valence-corrected chi connectivity index (χ3v) is 0.595. The number of carbonyl (C=O) groups excluding carboxylic acids is 1. The lowest BCUT2D eigenvalue weighted by Gasteiger charge is -1.90. The zero-order valence-electron chi connectivity index (χ0n) is 3.70. The fraction of sp³-hybridized carbons (Fsp3) is 0. The van der Waals surface area contributed by atoms with Crippen LogP contribution >= 0.6 is 0 Å². The van der Waals surface area contributed by atoms with Gasteiger partial charge in [-0.05, 0) is 0 Å². The van der Waals surface area contributed by atoms with E-state index in [1.165, 1.54) is 0 Å². The average Bonchev–Trinajstić information content (AvgIpc) is 1.21. The molecule has 0 aliphatic rings. The van der Waals surface area contributed by atoms with Gasteiger partial charge in [-0.25, -0.2) is 0 Å². The molecular formula is C2H3O5S. The van der Waals surface area contributed by atoms with E-state index in [1.807, 2.05) is 0 Å². The van der Waals surface area contributed by atoms with Gasteiger partial charge in [0.05, 0.1) is 6.92 Å². The summed E-state index contributed by atoms with van der Waals surface area (Å²) < 4.78 is 29.9. The molecule has 1 N–H and O–H groups in total. The number of hydrogen-bond acceptors (Lipinski definition) is 4. The lowest BCUT2D eigenvalue weighted by atomic mass is 10.9. The van der Waals surface area contributed by atoms with Gasteiger partial charge in [-0.1, -0.05) is 0 Å². The highest BCUT2D eigenvalue weighted by atomic mass is 32.3. The Bertz CT molecular complexity index is 177. The second kappa shape index (κ2) is 2.10. The third-order valence-electron chi connectivity index (χ3n) is 0.198. The molecule has 1 radical (unpaired) electrons. The SMILES string of the molecule is [CH2]C(=O)OS(=O)(=O)O. The summed E-state index contributed by atoms with van der Waals surface area (Å²) in [6, 6.07) is 0. The highest BCUT2D eigenvalue weighted by Crippen LogP contribution is 1.83. The first-order valence-corrected chi connectivity index (χ1v) is 2.81. The fourth-order valence-corrected chi connectivity index (χ4v) is 0.352. The monoisotopic (exact) mass is 139 g/mol. The molecule has 0 aliphatic heterocycles. The van der Waals surface area contributed by atoms with E-state index >= 15 is 0 Å². The number of hydrogen-bond donors (Lipinski definition) is 1. The molecular weight excluding hydrogens is 136 g/mol. The predicted octanol–water partition coefficient (Wildman–Crippen LogP) is -0.834. The normalized spacial score (nSPS) is 10.8. The highest BCUT2D eigenvalue weighted by molar-refractivity contribution is 7.81. The Balaban J connectivity index is 3.95. The van der Waals surface area contributed by atoms with Crippen molar-refractivity contribution in [3.8, 4) is 0 Å². The first-order chi connectivity index (χ1) is 3.42. The summed E-state index contributed by atoms with van der Waals surface area (Å²) >= 11 is 0. The Morgan fingerprint density at radius 3 is 2.00 bits per heavy atom. The van der Waals surface area contributed by atoms with Gasteiger partial charge in [-0.15, -0.1) is 0 Å². The van der Waals surface area contributed by atoms with Crippen molar-refractivity contribution in [2.45, 2.75) is 0 Å². The standard InChI is InChI=1S/C2H3O5S/c1-2(3)7-8(4,5)6/h1H2,(H,4,5,6). The maximum atomic E-state index is 9.59. The van der Waals surface area contributed by atoms with Gasteiger partial charge in [0.2, 0.25) is 0 Å². The van der Waals surface area contributed by atoms with Crippen molar-refractivity contribution in [2.75, 3.05) is 0 Å². The maximum Gasteiger partial charge on any atom is 0.448 e. The minimum atomic E-state index is -4.64. The van der Waals surface area contributed by atoms with Crippen LogP contribution in [0.1, 0.15) is 0 Å². The van der Waals surface area contributed by atoms with Gasteiger partial charge in [0.1, 0.15) is 0 Å². The Hall–Kier alpha value is -0.620. The summed E-state index contributed by atoms with van der Waals surface area (Å²) in [7, 11) is -4.64. The average molecular weight is 139 g/mol. The first kappa shape index (κ1) is 7.38. The van der Waals surface area contributed by atoms with Gasteiger partial charge >= 0.3 is 16.4 Å². The van der Waals surface area contributed by atoms with Crippen molar-refractivity contribution in [2.24, 2.45) is 0 Å². The van der Waals surface area contributed by atoms with Gasteiger partial charge in [-0.3, -0.25) is 9.35 Å². The lowest BCUT2D eigenvalue weighted by Crippen LogP contribution is -2.07. The zero-order valence-corrected chi connectivity index (χ0v) is 4.51. The van der Waals surface area contributed by atoms with Crippen LogP contribution in [0.15, 0.2) is 0 Å². The van der Waals surface area contributed by atoms with E-state index in [1.54, 1.807) is 0 Å². The minimum Gasteiger partial charge on any atom is -0.325 e. The summed E-state index contributed by atoms with van der Waals surface area (Å²) in [6.45, 7) is 2.52. The highest BCUT2D eigenvalue weighted by Gasteiger charge is 2.06. The van der Waals surface area contributed by atoms with E-state index in [2.05, 4.69) is 11.1 Å². The van der Waals surface area contributed by atoms with Crippen LogP contribution in [0.2, 0.25) is 0 Å². The molecule has 6 heteroatoms. The molecule has 0 amide bonds. The maximum absolute atomic E-state index is 9.59. The molecule has 0 bridgehead atoms. The first-order valence-electron chi connectivity index (χ1n) is 1.44. The topological polar surface area (TPSA) is 80.7 Å². The Morgan fingerprint density at radius 2 is 2.00 bits per heavy atom. The van der Waals surface area contributed by atoms with Crippen molar-refractivity contribution >= 4 is 16.4 Å². The van der Waals surface area contributed by atoms with Crippen molar-refractivity contribution in [3.63, 3.8) is 0 Å². The second-order valence-corrected chi connectivity index (χ2v) is 1.91. The van der Waals surface area contributed by atoms with Crippen molar-refractivity contribution in [3.05, 3.63) is 6.92 Å². The van der Waals surface area contributed by atoms with Crippen LogP contribution in [0.3, 0.4) is 0 Å². The molecule has 0 spiro atoms. The summed E-state index contributed by atoms with van der Waals surface area (Å²) in [5.74, 6) is -1.31. The molecule has 0 aromatic rings. The molecule has 0 heterocycles. The van der Waals surface area contributed by atoms with E-state index in [4.69, 9.17) is 4.55 Å². The van der Waals surface area contributed by atoms with E-state index in [0.717, 1.165) is 0 Å². The van der Waals surface area contributed by atoms with Crippen molar-refractivity contribution < 1.29 is 21.9 Å². The predicted molar refractivity (Wildman–Crippen MR) is 23.0 cm³/mol. The number of rotatable bonds is 1. The van der Waals surface area contributed by atoms with E-state index < -0.39 is 16.4 Å². The van der Waals surface area contributed by atoms with Crippen molar-refractivity contribution in [1.82, 2.24) is 0 Å². The van der Waals surface area contributed by atoms with E-state index in [9.17, 15) is 13.2 Å². The van der Waals surface area contributed by atoms with Gasteiger partial charge in [0.15, 0.2) is 0 Å². The second-order valence-electron chi connectivity index (χ2n) is 0.883. The molecule has 0 rings (SSSR count). The van der Waals surface area contributed by atoms with Crippen LogP contribution in [0, 0.1) is 6.92 Å². The molecule has 0 aliphatic carbocycles. The number of carbonyl (C=O) groups is 1. The Labute approximate surface area is 46.2 Å². The molecule has 0 saturated heterocycles. The van der Waals surface area contributed by atoms with Gasteiger partial charge in [0, 0.05) is 0 Å². The van der Waals surface area contributed by atoms with Gasteiger partial charge < -0.3 is 4.18 Å². The Morgan fingerprint density at radius 1 is 1.62 bits per heavy atom. The van der Waals surface area contributed by atoms with Crippen LogP contribution in [0.5, 0.6) is 0 Å². The molecule has 0 saturated carbocycles. The van der Waals surface area contributed by atoms with E-state index in [0.29, 0.717) is 0 Å². The summed E-state index contributed by atoms with van der Waals surface area (Å²) in [5.41, 5.74) is 0. The molecule has 8 heavy (non-hydrogen) atoms. The molecule has 5 nitrogen and oxygen atoms in total. The van der Waals surface area contributed by atoms with Crippen LogP contribution in [-0.4, -0.2) is 18.9 Å². The zero-order chi connectivity index (χ0) is 6.78. The molecule has 0 fully saturated rings. The van der Waals surface area contributed by atoms with Gasteiger partial charge in [-0.2, -0.15) is 8.42 Å². The van der Waals surface area contributed by atoms with Crippen LogP contribution < -0.4 is 0 Å². The van der Waals surface area contributed by atoms with Crippen LogP contribution in [0.25, 0.3) is 0 Å². The lowest BCUT2D eigenvalue weighted by molar-refractivity contribution is -0.129. The molecule has 0 atom stereocenters. The van der Waals surface area contributed by atoms with Crippen LogP contribution in [0.4, 0.5) is 0 Å². The summed E-state index contributed by atoms with van der Waals surface area (Å²) in [6.07, 6.45) is 0. The Kier molecular flexibility index (Phi) is 1.94. The molecule has 0 aromatic heterocycles. The third kappa shape index (κ3) is 5.38. The molecule has 0 unspecified atom stereocenters. The fourth-order valence-electron chi connectivity index (χ4n) is 0.117. The van der Waals surface area contributed by atoms with E-state index in [-0.39, 0.29) is 0 Å². The smallest absolute Gasteiger partial charge is 0.325 e. The van der Waals surface area contributed by atoms with Gasteiger partial charge in [0.25, 0.3) is 0 Å². The summed E-state index contributed by atoms with van der Waals surface area (Å²) in [5, 5.41) is 0. The van der Waals surface area contributed by atoms with Crippen molar-refractivity contribution in [1.29, 1.82) is 0 Å². The molecule has 0 aromatic carbocycles. The van der Waals surface area contributed by atoms with Crippen LogP contribution in [-0.2, 0) is 19.4 Å². The quantitative estimate of drug-likeness (QED) is 0.479. The molecule has 47 valence electrons. The minimum absolute atomic E-state index is 1.31. The summed E-state index contributed by atoms with van der Waals surface area (Å²) in [4.78, 5) is 9.59.